The first-order chi connectivity index (χ1) is 9.69. The van der Waals surface area contributed by atoms with Gasteiger partial charge in [0.1, 0.15) is 5.75 Å². The Bertz CT molecular complexity index is 593. The maximum absolute atomic E-state index is 12.0. The Labute approximate surface area is 119 Å². The van der Waals surface area contributed by atoms with Crippen LogP contribution in [0.15, 0.2) is 48.5 Å². The fourth-order valence-electron chi connectivity index (χ4n) is 2.37. The summed E-state index contributed by atoms with van der Waals surface area (Å²) in [5.74, 6) is 0.621. The molecular formula is C17H19NO2. The van der Waals surface area contributed by atoms with Crippen LogP contribution in [0.3, 0.4) is 0 Å². The molecule has 2 aromatic carbocycles. The largest absolute Gasteiger partial charge is 0.496 e. The third-order valence-electron chi connectivity index (χ3n) is 3.25. The fourth-order valence-corrected chi connectivity index (χ4v) is 2.37. The Morgan fingerprint density at radius 2 is 1.80 bits per heavy atom. The molecule has 0 N–H and O–H groups in total. The first-order valence-electron chi connectivity index (χ1n) is 6.69. The highest BCUT2D eigenvalue weighted by molar-refractivity contribution is 6.03. The van der Waals surface area contributed by atoms with E-state index in [1.165, 1.54) is 0 Å². The summed E-state index contributed by atoms with van der Waals surface area (Å²) in [6.07, 6.45) is 0. The molecule has 0 spiro atoms. The second-order valence-electron chi connectivity index (χ2n) is 4.49. The summed E-state index contributed by atoms with van der Waals surface area (Å²) in [4.78, 5) is 14.1. The highest BCUT2D eigenvalue weighted by Crippen LogP contribution is 2.33. The summed E-state index contributed by atoms with van der Waals surface area (Å²) in [5, 5.41) is 0. The number of rotatable bonds is 5. The molecule has 0 saturated heterocycles. The standard InChI is InChI=1S/C17H19NO2/c1-4-18(14-9-6-5-7-10-14)15-11-8-12-16(20-3)17(15)13(2)19/h5-12H,4H2,1-3H3. The minimum Gasteiger partial charge on any atom is -0.496 e. The molecule has 0 bridgehead atoms. The Morgan fingerprint density at radius 3 is 2.35 bits per heavy atom. The normalized spacial score (nSPS) is 10.2. The van der Waals surface area contributed by atoms with E-state index in [1.54, 1.807) is 14.0 Å². The van der Waals surface area contributed by atoms with Crippen LogP contribution in [0.1, 0.15) is 24.2 Å². The van der Waals surface area contributed by atoms with E-state index < -0.39 is 0 Å². The van der Waals surface area contributed by atoms with E-state index in [9.17, 15) is 4.79 Å². The molecule has 0 aliphatic carbocycles. The van der Waals surface area contributed by atoms with Crippen molar-refractivity contribution in [3.05, 3.63) is 54.1 Å². The summed E-state index contributed by atoms with van der Waals surface area (Å²) in [5.41, 5.74) is 2.57. The van der Waals surface area contributed by atoms with Gasteiger partial charge in [0.15, 0.2) is 5.78 Å². The Kier molecular flexibility index (Phi) is 4.41. The summed E-state index contributed by atoms with van der Waals surface area (Å²) in [6.45, 7) is 4.41. The number of Topliss-reactive ketones (excluding diaryl/α,β-unsaturated/α-hetero) is 1. The van der Waals surface area contributed by atoms with Crippen molar-refractivity contribution >= 4 is 17.2 Å². The van der Waals surface area contributed by atoms with Crippen LogP contribution in [0.4, 0.5) is 11.4 Å². The molecule has 2 aromatic rings. The molecule has 0 unspecified atom stereocenters. The third-order valence-corrected chi connectivity index (χ3v) is 3.25. The average Bonchev–Trinajstić information content (AvgIpc) is 2.48. The lowest BCUT2D eigenvalue weighted by Crippen LogP contribution is -2.19. The van der Waals surface area contributed by atoms with E-state index in [0.29, 0.717) is 11.3 Å². The van der Waals surface area contributed by atoms with Gasteiger partial charge in [-0.2, -0.15) is 0 Å². The van der Waals surface area contributed by atoms with E-state index in [1.807, 2.05) is 48.5 Å². The van der Waals surface area contributed by atoms with Crippen molar-refractivity contribution in [1.29, 1.82) is 0 Å². The van der Waals surface area contributed by atoms with Gasteiger partial charge in [0.2, 0.25) is 0 Å². The molecule has 3 heteroatoms. The van der Waals surface area contributed by atoms with Crippen LogP contribution in [-0.2, 0) is 0 Å². The highest BCUT2D eigenvalue weighted by atomic mass is 16.5. The molecule has 0 heterocycles. The monoisotopic (exact) mass is 269 g/mol. The van der Waals surface area contributed by atoms with Crippen LogP contribution in [0.5, 0.6) is 5.75 Å². The van der Waals surface area contributed by atoms with Crippen molar-refractivity contribution in [3.8, 4) is 5.75 Å². The van der Waals surface area contributed by atoms with Gasteiger partial charge >= 0.3 is 0 Å². The van der Waals surface area contributed by atoms with Gasteiger partial charge in [-0.15, -0.1) is 0 Å². The van der Waals surface area contributed by atoms with Crippen molar-refractivity contribution < 1.29 is 9.53 Å². The van der Waals surface area contributed by atoms with Crippen LogP contribution in [0, 0.1) is 0 Å². The van der Waals surface area contributed by atoms with Crippen LogP contribution in [0.25, 0.3) is 0 Å². The lowest BCUT2D eigenvalue weighted by Gasteiger charge is -2.26. The summed E-state index contributed by atoms with van der Waals surface area (Å²) < 4.78 is 5.33. The predicted octanol–water partition coefficient (Wildman–Crippen LogP) is 4.06. The highest BCUT2D eigenvalue weighted by Gasteiger charge is 2.18. The molecule has 0 aliphatic rings. The second kappa shape index (κ2) is 6.24. The average molecular weight is 269 g/mol. The zero-order valence-corrected chi connectivity index (χ0v) is 12.1. The van der Waals surface area contributed by atoms with Gasteiger partial charge < -0.3 is 9.64 Å². The molecule has 0 saturated carbocycles. The third kappa shape index (κ3) is 2.67. The minimum atomic E-state index is 0.00633. The molecule has 0 aromatic heterocycles. The van der Waals surface area contributed by atoms with Gasteiger partial charge in [0, 0.05) is 12.2 Å². The van der Waals surface area contributed by atoms with Gasteiger partial charge in [-0.25, -0.2) is 0 Å². The number of hydrogen-bond donors (Lipinski definition) is 0. The van der Waals surface area contributed by atoms with Gasteiger partial charge in [0.05, 0.1) is 18.4 Å². The van der Waals surface area contributed by atoms with Crippen molar-refractivity contribution in [2.75, 3.05) is 18.6 Å². The molecule has 2 rings (SSSR count). The van der Waals surface area contributed by atoms with E-state index in [2.05, 4.69) is 11.8 Å². The van der Waals surface area contributed by atoms with Gasteiger partial charge in [0.25, 0.3) is 0 Å². The SMILES string of the molecule is CCN(c1ccccc1)c1cccc(OC)c1C(C)=O. The summed E-state index contributed by atoms with van der Waals surface area (Å²) in [7, 11) is 1.59. The number of hydrogen-bond acceptors (Lipinski definition) is 3. The van der Waals surface area contributed by atoms with Crippen molar-refractivity contribution in [3.63, 3.8) is 0 Å². The van der Waals surface area contributed by atoms with E-state index in [0.717, 1.165) is 17.9 Å². The van der Waals surface area contributed by atoms with Crippen LogP contribution in [-0.4, -0.2) is 19.4 Å². The Balaban J connectivity index is 2.58. The number of anilines is 2. The second-order valence-corrected chi connectivity index (χ2v) is 4.49. The number of carbonyl (C=O) groups excluding carboxylic acids is 1. The zero-order valence-electron chi connectivity index (χ0n) is 12.1. The lowest BCUT2D eigenvalue weighted by atomic mass is 10.1. The summed E-state index contributed by atoms with van der Waals surface area (Å²) in [6, 6.07) is 15.7. The molecule has 20 heavy (non-hydrogen) atoms. The molecule has 0 aliphatic heterocycles. The van der Waals surface area contributed by atoms with Crippen LogP contribution in [0.2, 0.25) is 0 Å². The summed E-state index contributed by atoms with van der Waals surface area (Å²) >= 11 is 0. The molecule has 104 valence electrons. The topological polar surface area (TPSA) is 29.5 Å². The Morgan fingerprint density at radius 1 is 1.10 bits per heavy atom. The maximum atomic E-state index is 12.0. The predicted molar refractivity (Wildman–Crippen MR) is 82.1 cm³/mol. The number of ether oxygens (including phenoxy) is 1. The van der Waals surface area contributed by atoms with E-state index >= 15 is 0 Å². The van der Waals surface area contributed by atoms with Crippen molar-refractivity contribution in [1.82, 2.24) is 0 Å². The Hall–Kier alpha value is -2.29. The molecule has 0 radical (unpaired) electrons. The molecule has 0 amide bonds. The van der Waals surface area contributed by atoms with Gasteiger partial charge in [-0.3, -0.25) is 4.79 Å². The number of ketones is 1. The molecule has 0 fully saturated rings. The molecule has 0 atom stereocenters. The number of benzene rings is 2. The maximum Gasteiger partial charge on any atom is 0.165 e. The first-order valence-corrected chi connectivity index (χ1v) is 6.69. The van der Waals surface area contributed by atoms with Crippen molar-refractivity contribution in [2.24, 2.45) is 0 Å². The fraction of sp³-hybridized carbons (Fsp3) is 0.235. The number of methoxy groups -OCH3 is 1. The minimum absolute atomic E-state index is 0.00633. The number of para-hydroxylation sites is 1. The van der Waals surface area contributed by atoms with E-state index in [4.69, 9.17) is 4.74 Å². The zero-order chi connectivity index (χ0) is 14.5. The smallest absolute Gasteiger partial charge is 0.165 e. The molecular weight excluding hydrogens is 250 g/mol. The van der Waals surface area contributed by atoms with Crippen LogP contribution < -0.4 is 9.64 Å². The number of carbonyl (C=O) groups is 1. The van der Waals surface area contributed by atoms with Gasteiger partial charge in [-0.05, 0) is 38.1 Å². The van der Waals surface area contributed by atoms with E-state index in [-0.39, 0.29) is 5.78 Å². The van der Waals surface area contributed by atoms with Crippen molar-refractivity contribution in [2.45, 2.75) is 13.8 Å². The lowest BCUT2D eigenvalue weighted by molar-refractivity contribution is 0.101. The van der Waals surface area contributed by atoms with Crippen LogP contribution >= 0.6 is 0 Å². The number of nitrogens with zero attached hydrogens (tertiary/aromatic N) is 1. The molecule has 3 nitrogen and oxygen atoms in total. The quantitative estimate of drug-likeness (QED) is 0.767. The van der Waals surface area contributed by atoms with Gasteiger partial charge in [-0.1, -0.05) is 24.3 Å². The first kappa shape index (κ1) is 14.1.